The van der Waals surface area contributed by atoms with Crippen molar-refractivity contribution in [3.8, 4) is 0 Å². The van der Waals surface area contributed by atoms with E-state index in [0.29, 0.717) is 24.6 Å². The van der Waals surface area contributed by atoms with Crippen LogP contribution in [0.5, 0.6) is 0 Å². The van der Waals surface area contributed by atoms with Gasteiger partial charge in [0.05, 0.1) is 12.2 Å². The molecule has 3 amide bonds. The zero-order valence-corrected chi connectivity index (χ0v) is 18.1. The van der Waals surface area contributed by atoms with Gasteiger partial charge < -0.3 is 15.5 Å². The summed E-state index contributed by atoms with van der Waals surface area (Å²) in [6, 6.07) is 7.92. The molecule has 0 atom stereocenters. The molecular weight excluding hydrogens is 384 g/mol. The zero-order chi connectivity index (χ0) is 20.6. The van der Waals surface area contributed by atoms with Crippen molar-refractivity contribution < 1.29 is 9.59 Å². The number of anilines is 2. The second-order valence-corrected chi connectivity index (χ2v) is 10.0. The average molecular weight is 413 g/mol. The third kappa shape index (κ3) is 4.45. The molecule has 0 radical (unpaired) electrons. The van der Waals surface area contributed by atoms with Gasteiger partial charge in [-0.05, 0) is 36.0 Å². The summed E-state index contributed by atoms with van der Waals surface area (Å²) in [5.41, 5.74) is 3.12. The van der Waals surface area contributed by atoms with E-state index in [1.54, 1.807) is 4.90 Å². The van der Waals surface area contributed by atoms with Gasteiger partial charge in [0.25, 0.3) is 0 Å². The van der Waals surface area contributed by atoms with Gasteiger partial charge in [0, 0.05) is 29.4 Å². The largest absolute Gasteiger partial charge is 0.322 e. The standard InChI is InChI=1S/C22H28N4O2S/c1-22(2,3)15-7-9-16(10-8-15)23-21(28)26-12-11-17-18(13-26)29-20(24-17)25-19(27)14-5-4-6-14/h7-10,14H,4-6,11-13H2,1-3H3,(H,23,28)(H,24,25,27). The number of benzene rings is 1. The van der Waals surface area contributed by atoms with Crippen LogP contribution in [0.4, 0.5) is 15.6 Å². The zero-order valence-electron chi connectivity index (χ0n) is 17.2. The fourth-order valence-electron chi connectivity index (χ4n) is 3.56. The van der Waals surface area contributed by atoms with Gasteiger partial charge in [-0.1, -0.05) is 50.7 Å². The third-order valence-corrected chi connectivity index (χ3v) is 6.72. The van der Waals surface area contributed by atoms with Crippen molar-refractivity contribution >= 4 is 34.1 Å². The van der Waals surface area contributed by atoms with Crippen molar-refractivity contribution in [2.24, 2.45) is 5.92 Å². The highest BCUT2D eigenvalue weighted by atomic mass is 32.1. The Morgan fingerprint density at radius 2 is 1.86 bits per heavy atom. The van der Waals surface area contributed by atoms with E-state index in [2.05, 4.69) is 48.5 Å². The lowest BCUT2D eigenvalue weighted by Gasteiger charge is -2.26. The Morgan fingerprint density at radius 3 is 2.48 bits per heavy atom. The molecule has 7 heteroatoms. The lowest BCUT2D eigenvalue weighted by Crippen LogP contribution is -2.38. The summed E-state index contributed by atoms with van der Waals surface area (Å²) < 4.78 is 0. The number of nitrogens with one attached hydrogen (secondary N) is 2. The van der Waals surface area contributed by atoms with Crippen molar-refractivity contribution in [3.63, 3.8) is 0 Å². The summed E-state index contributed by atoms with van der Waals surface area (Å²) in [6.07, 6.45) is 3.79. The minimum absolute atomic E-state index is 0.0793. The molecule has 2 aromatic rings. The molecular formula is C22H28N4O2S. The Kier molecular flexibility index (Phi) is 5.34. The first-order chi connectivity index (χ1) is 13.8. The van der Waals surface area contributed by atoms with E-state index in [4.69, 9.17) is 0 Å². The highest BCUT2D eigenvalue weighted by Crippen LogP contribution is 2.32. The van der Waals surface area contributed by atoms with Crippen molar-refractivity contribution in [2.45, 2.75) is 58.4 Å². The van der Waals surface area contributed by atoms with Crippen LogP contribution in [0.15, 0.2) is 24.3 Å². The summed E-state index contributed by atoms with van der Waals surface area (Å²) in [6.45, 7) is 7.66. The van der Waals surface area contributed by atoms with Gasteiger partial charge in [0.1, 0.15) is 0 Å². The van der Waals surface area contributed by atoms with E-state index in [1.807, 2.05) is 12.1 Å². The number of nitrogens with zero attached hydrogens (tertiary/aromatic N) is 2. The minimum Gasteiger partial charge on any atom is -0.319 e. The monoisotopic (exact) mass is 412 g/mol. The number of carbonyl (C=O) groups is 2. The Labute approximate surface area is 175 Å². The molecule has 0 saturated heterocycles. The fourth-order valence-corrected chi connectivity index (χ4v) is 4.58. The molecule has 2 N–H and O–H groups in total. The Balaban J connectivity index is 1.36. The summed E-state index contributed by atoms with van der Waals surface area (Å²) in [7, 11) is 0. The number of amides is 3. The molecule has 0 unspecified atom stereocenters. The van der Waals surface area contributed by atoms with Gasteiger partial charge in [-0.15, -0.1) is 0 Å². The number of hydrogen-bond acceptors (Lipinski definition) is 4. The highest BCUT2D eigenvalue weighted by Gasteiger charge is 2.28. The lowest BCUT2D eigenvalue weighted by molar-refractivity contribution is -0.122. The lowest BCUT2D eigenvalue weighted by atomic mass is 9.85. The van der Waals surface area contributed by atoms with Crippen LogP contribution >= 0.6 is 11.3 Å². The van der Waals surface area contributed by atoms with Crippen molar-refractivity contribution in [1.29, 1.82) is 0 Å². The maximum absolute atomic E-state index is 12.7. The molecule has 2 heterocycles. The van der Waals surface area contributed by atoms with E-state index in [-0.39, 0.29) is 23.3 Å². The first-order valence-electron chi connectivity index (χ1n) is 10.3. The van der Waals surface area contributed by atoms with Gasteiger partial charge in [-0.2, -0.15) is 0 Å². The molecule has 1 saturated carbocycles. The molecule has 0 bridgehead atoms. The second kappa shape index (κ2) is 7.78. The van der Waals surface area contributed by atoms with Crippen LogP contribution in [0, 0.1) is 5.92 Å². The molecule has 4 rings (SSSR count). The fraction of sp³-hybridized carbons (Fsp3) is 0.500. The van der Waals surface area contributed by atoms with Crippen molar-refractivity contribution in [2.75, 3.05) is 17.2 Å². The number of aromatic nitrogens is 1. The maximum atomic E-state index is 12.7. The van der Waals surface area contributed by atoms with Gasteiger partial charge >= 0.3 is 6.03 Å². The Morgan fingerprint density at radius 1 is 1.14 bits per heavy atom. The van der Waals surface area contributed by atoms with E-state index < -0.39 is 0 Å². The summed E-state index contributed by atoms with van der Waals surface area (Å²) in [4.78, 5) is 32.3. The van der Waals surface area contributed by atoms with Crippen LogP contribution in [0.2, 0.25) is 0 Å². The van der Waals surface area contributed by atoms with Crippen LogP contribution in [-0.2, 0) is 23.2 Å². The summed E-state index contributed by atoms with van der Waals surface area (Å²) in [5, 5.41) is 6.60. The van der Waals surface area contributed by atoms with Gasteiger partial charge in [0.2, 0.25) is 5.91 Å². The first kappa shape index (κ1) is 19.9. The van der Waals surface area contributed by atoms with Crippen molar-refractivity contribution in [1.82, 2.24) is 9.88 Å². The molecule has 2 aliphatic rings. The SMILES string of the molecule is CC(C)(C)c1ccc(NC(=O)N2CCc3nc(NC(=O)C4CCC4)sc3C2)cc1. The number of urea groups is 1. The number of hydrogen-bond donors (Lipinski definition) is 2. The topological polar surface area (TPSA) is 74.3 Å². The molecule has 1 aromatic carbocycles. The minimum atomic E-state index is -0.104. The van der Waals surface area contributed by atoms with E-state index in [9.17, 15) is 9.59 Å². The molecule has 1 aromatic heterocycles. The van der Waals surface area contributed by atoms with Gasteiger partial charge in [-0.3, -0.25) is 4.79 Å². The van der Waals surface area contributed by atoms with Crippen LogP contribution in [0.3, 0.4) is 0 Å². The highest BCUT2D eigenvalue weighted by molar-refractivity contribution is 7.15. The summed E-state index contributed by atoms with van der Waals surface area (Å²) in [5.74, 6) is 0.221. The van der Waals surface area contributed by atoms with Crippen LogP contribution in [0.25, 0.3) is 0 Å². The smallest absolute Gasteiger partial charge is 0.319 e. The van der Waals surface area contributed by atoms with Crippen LogP contribution in [0.1, 0.15) is 56.2 Å². The molecule has 1 fully saturated rings. The number of thiazole rings is 1. The Hall–Kier alpha value is -2.41. The molecule has 0 spiro atoms. The molecule has 6 nitrogen and oxygen atoms in total. The molecule has 1 aliphatic carbocycles. The summed E-state index contributed by atoms with van der Waals surface area (Å²) >= 11 is 1.48. The molecule has 1 aliphatic heterocycles. The number of rotatable bonds is 3. The van der Waals surface area contributed by atoms with E-state index >= 15 is 0 Å². The Bertz CT molecular complexity index is 910. The second-order valence-electron chi connectivity index (χ2n) is 8.94. The van der Waals surface area contributed by atoms with Gasteiger partial charge in [-0.25, -0.2) is 9.78 Å². The quantitative estimate of drug-likeness (QED) is 0.763. The number of fused-ring (bicyclic) bond motifs is 1. The van der Waals surface area contributed by atoms with E-state index in [0.717, 1.165) is 35.5 Å². The van der Waals surface area contributed by atoms with E-state index in [1.165, 1.54) is 16.9 Å². The first-order valence-corrected chi connectivity index (χ1v) is 11.1. The van der Waals surface area contributed by atoms with Crippen LogP contribution < -0.4 is 10.6 Å². The predicted molar refractivity (Wildman–Crippen MR) is 116 cm³/mol. The van der Waals surface area contributed by atoms with Gasteiger partial charge in [0.15, 0.2) is 5.13 Å². The van der Waals surface area contributed by atoms with Crippen molar-refractivity contribution in [3.05, 3.63) is 40.4 Å². The molecule has 29 heavy (non-hydrogen) atoms. The maximum Gasteiger partial charge on any atom is 0.322 e. The normalized spacial score (nSPS) is 16.7. The predicted octanol–water partition coefficient (Wildman–Crippen LogP) is 4.77. The third-order valence-electron chi connectivity index (χ3n) is 5.73. The van der Waals surface area contributed by atoms with Crippen LogP contribution in [-0.4, -0.2) is 28.4 Å². The average Bonchev–Trinajstić information content (AvgIpc) is 3.01. The molecule has 154 valence electrons. The number of carbonyl (C=O) groups excluding carboxylic acids is 2.